The molecule has 0 bridgehead atoms. The Kier molecular flexibility index (Phi) is 3.17. The summed E-state index contributed by atoms with van der Waals surface area (Å²) in [5, 5.41) is 0.115. The van der Waals surface area contributed by atoms with Crippen molar-refractivity contribution in [3.63, 3.8) is 0 Å². The van der Waals surface area contributed by atoms with Crippen molar-refractivity contribution < 1.29 is 9.13 Å². The molecule has 2 atom stereocenters. The number of hydrogen-bond donors (Lipinski definition) is 1. The summed E-state index contributed by atoms with van der Waals surface area (Å²) in [4.78, 5) is 0. The summed E-state index contributed by atoms with van der Waals surface area (Å²) < 4.78 is 19.4. The van der Waals surface area contributed by atoms with E-state index in [9.17, 15) is 4.39 Å². The second kappa shape index (κ2) is 4.83. The molecule has 0 amide bonds. The van der Waals surface area contributed by atoms with E-state index in [1.807, 2.05) is 24.3 Å². The van der Waals surface area contributed by atoms with Gasteiger partial charge in [0.15, 0.2) is 0 Å². The van der Waals surface area contributed by atoms with Crippen LogP contribution in [0, 0.1) is 5.82 Å². The van der Waals surface area contributed by atoms with Crippen LogP contribution in [0.25, 0.3) is 0 Å². The van der Waals surface area contributed by atoms with Crippen LogP contribution in [-0.4, -0.2) is 0 Å². The van der Waals surface area contributed by atoms with Gasteiger partial charge in [0.2, 0.25) is 0 Å². The zero-order valence-electron chi connectivity index (χ0n) is 10.1. The Morgan fingerprint density at radius 3 is 2.79 bits per heavy atom. The van der Waals surface area contributed by atoms with Gasteiger partial charge in [0, 0.05) is 18.0 Å². The average molecular weight is 278 g/mol. The Hall–Kier alpha value is -1.58. The minimum Gasteiger partial charge on any atom is -0.485 e. The standard InChI is InChI=1S/C15H13ClFNO/c16-11-6-5-9(7-12(11)17)15-8-13(18)10-3-1-2-4-14(10)19-15/h1-7,13,15H,8,18H2/t13-,15?/m1/s1. The average Bonchev–Trinajstić information content (AvgIpc) is 2.42. The molecule has 0 fully saturated rings. The minimum atomic E-state index is -0.435. The number of benzene rings is 2. The van der Waals surface area contributed by atoms with Crippen LogP contribution in [0.5, 0.6) is 5.75 Å². The van der Waals surface area contributed by atoms with E-state index in [1.54, 1.807) is 12.1 Å². The third-order valence-electron chi connectivity index (χ3n) is 3.37. The first kappa shape index (κ1) is 12.5. The van der Waals surface area contributed by atoms with Crippen LogP contribution in [-0.2, 0) is 0 Å². The molecule has 0 saturated carbocycles. The fraction of sp³-hybridized carbons (Fsp3) is 0.200. The third kappa shape index (κ3) is 2.31. The molecular formula is C15H13ClFNO. The van der Waals surface area contributed by atoms with Crippen LogP contribution >= 0.6 is 11.6 Å². The van der Waals surface area contributed by atoms with Crippen LogP contribution in [0.4, 0.5) is 4.39 Å². The van der Waals surface area contributed by atoms with Crippen LogP contribution in [0.1, 0.15) is 29.7 Å². The van der Waals surface area contributed by atoms with Gasteiger partial charge in [0.05, 0.1) is 5.02 Å². The first-order chi connectivity index (χ1) is 9.15. The molecule has 0 aromatic heterocycles. The SMILES string of the molecule is N[C@@H]1CC(c2ccc(Cl)c(F)c2)Oc2ccccc21. The third-order valence-corrected chi connectivity index (χ3v) is 3.68. The quantitative estimate of drug-likeness (QED) is 0.855. The molecule has 1 aliphatic rings. The Morgan fingerprint density at radius 1 is 1.21 bits per heavy atom. The van der Waals surface area contributed by atoms with Crippen molar-refractivity contribution in [2.24, 2.45) is 5.73 Å². The van der Waals surface area contributed by atoms with E-state index in [-0.39, 0.29) is 17.2 Å². The topological polar surface area (TPSA) is 35.2 Å². The van der Waals surface area contributed by atoms with Gasteiger partial charge in [-0.2, -0.15) is 0 Å². The molecule has 4 heteroatoms. The van der Waals surface area contributed by atoms with Gasteiger partial charge in [-0.1, -0.05) is 35.9 Å². The van der Waals surface area contributed by atoms with Gasteiger partial charge in [-0.15, -0.1) is 0 Å². The summed E-state index contributed by atoms with van der Waals surface area (Å²) in [6.45, 7) is 0. The molecule has 1 heterocycles. The molecule has 0 radical (unpaired) electrons. The van der Waals surface area contributed by atoms with E-state index in [2.05, 4.69) is 0 Å². The number of fused-ring (bicyclic) bond motifs is 1. The van der Waals surface area contributed by atoms with Gasteiger partial charge in [0.1, 0.15) is 17.7 Å². The van der Waals surface area contributed by atoms with Gasteiger partial charge in [-0.05, 0) is 23.8 Å². The smallest absolute Gasteiger partial charge is 0.142 e. The van der Waals surface area contributed by atoms with E-state index in [1.165, 1.54) is 6.07 Å². The van der Waals surface area contributed by atoms with Gasteiger partial charge in [-0.25, -0.2) is 4.39 Å². The lowest BCUT2D eigenvalue weighted by atomic mass is 9.93. The maximum absolute atomic E-state index is 13.5. The lowest BCUT2D eigenvalue weighted by Gasteiger charge is -2.30. The van der Waals surface area contributed by atoms with Crippen molar-refractivity contribution in [3.05, 3.63) is 64.4 Å². The molecule has 1 aliphatic heterocycles. The normalized spacial score (nSPS) is 21.6. The molecule has 2 N–H and O–H groups in total. The van der Waals surface area contributed by atoms with Gasteiger partial charge >= 0.3 is 0 Å². The number of para-hydroxylation sites is 1. The van der Waals surface area contributed by atoms with E-state index in [0.717, 1.165) is 16.9 Å². The number of hydrogen-bond acceptors (Lipinski definition) is 2. The Morgan fingerprint density at radius 2 is 2.00 bits per heavy atom. The molecule has 1 unspecified atom stereocenters. The van der Waals surface area contributed by atoms with E-state index in [4.69, 9.17) is 22.1 Å². The van der Waals surface area contributed by atoms with Gasteiger partial charge < -0.3 is 10.5 Å². The molecular weight excluding hydrogens is 265 g/mol. The van der Waals surface area contributed by atoms with Crippen LogP contribution in [0.3, 0.4) is 0 Å². The second-order valence-corrected chi connectivity index (χ2v) is 5.07. The van der Waals surface area contributed by atoms with E-state index in [0.29, 0.717) is 6.42 Å². The first-order valence-electron chi connectivity index (χ1n) is 6.11. The molecule has 0 spiro atoms. The van der Waals surface area contributed by atoms with E-state index >= 15 is 0 Å². The van der Waals surface area contributed by atoms with Crippen LogP contribution in [0.15, 0.2) is 42.5 Å². The van der Waals surface area contributed by atoms with Gasteiger partial charge in [-0.3, -0.25) is 0 Å². The summed E-state index contributed by atoms with van der Waals surface area (Å²) in [7, 11) is 0. The molecule has 0 saturated heterocycles. The Bertz CT molecular complexity index is 617. The number of nitrogens with two attached hydrogens (primary N) is 1. The molecule has 3 rings (SSSR count). The summed E-state index contributed by atoms with van der Waals surface area (Å²) in [5.74, 6) is 0.330. The second-order valence-electron chi connectivity index (χ2n) is 4.66. The van der Waals surface area contributed by atoms with Crippen molar-refractivity contribution in [1.29, 1.82) is 0 Å². The minimum absolute atomic E-state index is 0.103. The molecule has 2 aromatic rings. The zero-order valence-corrected chi connectivity index (χ0v) is 10.9. The summed E-state index contributed by atoms with van der Waals surface area (Å²) in [6.07, 6.45) is 0.384. The lowest BCUT2D eigenvalue weighted by Crippen LogP contribution is -2.24. The number of ether oxygens (including phenoxy) is 1. The molecule has 19 heavy (non-hydrogen) atoms. The maximum Gasteiger partial charge on any atom is 0.142 e. The lowest BCUT2D eigenvalue weighted by molar-refractivity contribution is 0.161. The first-order valence-corrected chi connectivity index (χ1v) is 6.49. The summed E-state index contributed by atoms with van der Waals surface area (Å²) >= 11 is 5.69. The highest BCUT2D eigenvalue weighted by Gasteiger charge is 2.27. The zero-order chi connectivity index (χ0) is 13.4. The monoisotopic (exact) mass is 277 g/mol. The highest BCUT2D eigenvalue weighted by Crippen LogP contribution is 2.39. The highest BCUT2D eigenvalue weighted by molar-refractivity contribution is 6.30. The fourth-order valence-corrected chi connectivity index (χ4v) is 2.49. The molecule has 98 valence electrons. The largest absolute Gasteiger partial charge is 0.485 e. The summed E-state index contributed by atoms with van der Waals surface area (Å²) in [6, 6.07) is 12.3. The van der Waals surface area contributed by atoms with Crippen molar-refractivity contribution >= 4 is 11.6 Å². The summed E-state index contributed by atoms with van der Waals surface area (Å²) in [5.41, 5.74) is 7.89. The van der Waals surface area contributed by atoms with Gasteiger partial charge in [0.25, 0.3) is 0 Å². The number of halogens is 2. The van der Waals surface area contributed by atoms with E-state index < -0.39 is 5.82 Å². The highest BCUT2D eigenvalue weighted by atomic mass is 35.5. The Balaban J connectivity index is 1.94. The maximum atomic E-state index is 13.5. The van der Waals surface area contributed by atoms with Crippen molar-refractivity contribution in [3.8, 4) is 5.75 Å². The molecule has 0 aliphatic carbocycles. The van der Waals surface area contributed by atoms with Crippen molar-refractivity contribution in [2.75, 3.05) is 0 Å². The van der Waals surface area contributed by atoms with Crippen LogP contribution < -0.4 is 10.5 Å². The van der Waals surface area contributed by atoms with Crippen LogP contribution in [0.2, 0.25) is 5.02 Å². The van der Waals surface area contributed by atoms with Crippen molar-refractivity contribution in [2.45, 2.75) is 18.6 Å². The molecule has 2 aromatic carbocycles. The Labute approximate surface area is 115 Å². The van der Waals surface area contributed by atoms with Crippen molar-refractivity contribution in [1.82, 2.24) is 0 Å². The predicted octanol–water partition coefficient (Wildman–Crippen LogP) is 4.00. The molecule has 2 nitrogen and oxygen atoms in total. The predicted molar refractivity (Wildman–Crippen MR) is 72.8 cm³/mol. The number of rotatable bonds is 1. The fourth-order valence-electron chi connectivity index (χ4n) is 2.37.